The molecule has 1 N–H and O–H groups in total. The minimum Gasteiger partial charge on any atom is -0.356 e. The van der Waals surface area contributed by atoms with Crippen molar-refractivity contribution >= 4 is 22.5 Å². The maximum absolute atomic E-state index is 13.0. The zero-order valence-corrected chi connectivity index (χ0v) is 20.4. The number of nitrogens with zero attached hydrogens (tertiary/aromatic N) is 2. The summed E-state index contributed by atoms with van der Waals surface area (Å²) in [6, 6.07) is 23.3. The van der Waals surface area contributed by atoms with Crippen LogP contribution >= 0.6 is 0 Å². The van der Waals surface area contributed by atoms with E-state index >= 15 is 0 Å². The number of non-ortho nitro benzene ring substituents is 1. The molecule has 6 nitrogen and oxygen atoms in total. The summed E-state index contributed by atoms with van der Waals surface area (Å²) >= 11 is 0. The Kier molecular flexibility index (Phi) is 7.30. The van der Waals surface area contributed by atoms with Gasteiger partial charge >= 0.3 is 0 Å². The highest BCUT2D eigenvalue weighted by Crippen LogP contribution is 2.37. The number of amides is 1. The first kappa shape index (κ1) is 24.2. The van der Waals surface area contributed by atoms with Crippen LogP contribution < -0.4 is 5.32 Å². The summed E-state index contributed by atoms with van der Waals surface area (Å²) in [6.45, 7) is 7.40. The molecule has 0 spiro atoms. The Morgan fingerprint density at radius 3 is 2.40 bits per heavy atom. The van der Waals surface area contributed by atoms with Crippen LogP contribution in [0.1, 0.15) is 48.4 Å². The van der Waals surface area contributed by atoms with E-state index in [-0.39, 0.29) is 28.9 Å². The zero-order valence-electron chi connectivity index (χ0n) is 20.4. The molecule has 0 bridgehead atoms. The van der Waals surface area contributed by atoms with Crippen molar-refractivity contribution in [2.24, 2.45) is 5.92 Å². The molecule has 0 fully saturated rings. The molecule has 0 aliphatic heterocycles. The number of nitrogens with one attached hydrogen (secondary N) is 1. The van der Waals surface area contributed by atoms with E-state index in [1.807, 2.05) is 55.5 Å². The lowest BCUT2D eigenvalue weighted by atomic mass is 9.87. The molecule has 1 amide bonds. The highest BCUT2D eigenvalue weighted by atomic mass is 16.6. The number of carbonyl (C=O) groups is 1. The Bertz CT molecular complexity index is 1320. The number of hydrogen-bond acceptors (Lipinski definition) is 3. The van der Waals surface area contributed by atoms with E-state index in [0.29, 0.717) is 19.0 Å². The van der Waals surface area contributed by atoms with E-state index in [4.69, 9.17) is 0 Å². The monoisotopic (exact) mass is 469 g/mol. The third-order valence-corrected chi connectivity index (χ3v) is 6.25. The lowest BCUT2D eigenvalue weighted by Gasteiger charge is -2.18. The van der Waals surface area contributed by atoms with Crippen molar-refractivity contribution < 1.29 is 9.72 Å². The highest BCUT2D eigenvalue weighted by molar-refractivity contribution is 5.88. The van der Waals surface area contributed by atoms with E-state index in [9.17, 15) is 14.9 Å². The molecular weight excluding hydrogens is 438 g/mol. The second kappa shape index (κ2) is 10.6. The van der Waals surface area contributed by atoms with Crippen LogP contribution in [0.2, 0.25) is 0 Å². The minimum atomic E-state index is -0.367. The average molecular weight is 470 g/mol. The maximum atomic E-state index is 13.0. The molecule has 0 unspecified atom stereocenters. The first-order valence-electron chi connectivity index (χ1n) is 12.0. The summed E-state index contributed by atoms with van der Waals surface area (Å²) in [4.78, 5) is 24.2. The largest absolute Gasteiger partial charge is 0.356 e. The van der Waals surface area contributed by atoms with E-state index in [2.05, 4.69) is 42.1 Å². The van der Waals surface area contributed by atoms with Gasteiger partial charge in [-0.2, -0.15) is 0 Å². The quantitative estimate of drug-likeness (QED) is 0.234. The molecule has 35 heavy (non-hydrogen) atoms. The fraction of sp³-hybridized carbons (Fsp3) is 0.276. The van der Waals surface area contributed by atoms with Crippen LogP contribution in [0.5, 0.6) is 0 Å². The molecule has 4 rings (SSSR count). The fourth-order valence-corrected chi connectivity index (χ4v) is 4.40. The molecule has 0 aliphatic rings. The van der Waals surface area contributed by atoms with Crippen LogP contribution in [0.3, 0.4) is 0 Å². The Labute approximate surface area is 205 Å². The summed E-state index contributed by atoms with van der Waals surface area (Å²) in [5.74, 6) is 0.0927. The Morgan fingerprint density at radius 1 is 1.03 bits per heavy atom. The predicted molar refractivity (Wildman–Crippen MR) is 140 cm³/mol. The molecule has 0 aliphatic carbocycles. The maximum Gasteiger partial charge on any atom is 0.270 e. The second-order valence-corrected chi connectivity index (χ2v) is 9.52. The number of rotatable bonds is 9. The third-order valence-electron chi connectivity index (χ3n) is 6.25. The first-order valence-corrected chi connectivity index (χ1v) is 12.0. The normalized spacial score (nSPS) is 12.1. The molecule has 1 atom stereocenters. The molecule has 180 valence electrons. The van der Waals surface area contributed by atoms with Gasteiger partial charge in [-0.3, -0.25) is 14.9 Å². The summed E-state index contributed by atoms with van der Waals surface area (Å²) in [7, 11) is 0. The molecule has 0 saturated carbocycles. The van der Waals surface area contributed by atoms with Crippen LogP contribution in [0.15, 0.2) is 79.0 Å². The van der Waals surface area contributed by atoms with Crippen molar-refractivity contribution in [2.75, 3.05) is 6.54 Å². The molecule has 1 heterocycles. The zero-order chi connectivity index (χ0) is 24.9. The van der Waals surface area contributed by atoms with Crippen LogP contribution in [-0.2, 0) is 11.3 Å². The molecule has 0 radical (unpaired) electrons. The Morgan fingerprint density at radius 2 is 1.74 bits per heavy atom. The molecular formula is C29H31N3O3. The van der Waals surface area contributed by atoms with Crippen LogP contribution in [0.4, 0.5) is 5.69 Å². The van der Waals surface area contributed by atoms with Gasteiger partial charge in [0.25, 0.3) is 5.69 Å². The summed E-state index contributed by atoms with van der Waals surface area (Å²) < 4.78 is 2.12. The molecule has 3 aromatic carbocycles. The Hall–Kier alpha value is -3.93. The number of aromatic nitrogens is 1. The van der Waals surface area contributed by atoms with Gasteiger partial charge in [-0.25, -0.2) is 0 Å². The lowest BCUT2D eigenvalue weighted by molar-refractivity contribution is -0.384. The van der Waals surface area contributed by atoms with Gasteiger partial charge in [-0.15, -0.1) is 0 Å². The number of hydrogen-bond donors (Lipinski definition) is 1. The van der Waals surface area contributed by atoms with Crippen molar-refractivity contribution in [1.29, 1.82) is 0 Å². The number of fused-ring (bicyclic) bond motifs is 1. The smallest absolute Gasteiger partial charge is 0.270 e. The average Bonchev–Trinajstić information content (AvgIpc) is 3.19. The van der Waals surface area contributed by atoms with Gasteiger partial charge in [0, 0.05) is 54.7 Å². The first-order chi connectivity index (χ1) is 16.8. The number of aryl methyl sites for hydroxylation is 1. The summed E-state index contributed by atoms with van der Waals surface area (Å²) in [5, 5.41) is 15.4. The number of nitro benzene ring substituents is 1. The van der Waals surface area contributed by atoms with Crippen LogP contribution in [0, 0.1) is 23.0 Å². The topological polar surface area (TPSA) is 77.2 Å². The van der Waals surface area contributed by atoms with Crippen molar-refractivity contribution in [1.82, 2.24) is 9.88 Å². The number of nitro groups is 1. The highest BCUT2D eigenvalue weighted by Gasteiger charge is 2.24. The second-order valence-electron chi connectivity index (χ2n) is 9.52. The number of benzene rings is 3. The van der Waals surface area contributed by atoms with Crippen molar-refractivity contribution in [3.8, 4) is 0 Å². The molecule has 0 saturated heterocycles. The van der Waals surface area contributed by atoms with Gasteiger partial charge in [0.05, 0.1) is 4.92 Å². The summed E-state index contributed by atoms with van der Waals surface area (Å²) in [5.41, 5.74) is 5.16. The lowest BCUT2D eigenvalue weighted by Crippen LogP contribution is -2.28. The van der Waals surface area contributed by atoms with Crippen LogP contribution in [0.25, 0.3) is 10.9 Å². The van der Waals surface area contributed by atoms with Gasteiger partial charge in [-0.05, 0) is 35.6 Å². The fourth-order valence-electron chi connectivity index (χ4n) is 4.40. The molecule has 6 heteroatoms. The van der Waals surface area contributed by atoms with Gasteiger partial charge in [-0.1, -0.05) is 74.0 Å². The van der Waals surface area contributed by atoms with Gasteiger partial charge in [0.15, 0.2) is 0 Å². The molecule has 4 aromatic rings. The SMILES string of the molecule is Cc1ccc([C@@H](CC(=O)NCC(C)C)c2cn(Cc3ccccc3)c3ccc([N+](=O)[O-])cc23)cc1. The minimum absolute atomic E-state index is 0.0290. The van der Waals surface area contributed by atoms with E-state index in [1.54, 1.807) is 12.1 Å². The summed E-state index contributed by atoms with van der Waals surface area (Å²) in [6.07, 6.45) is 2.32. The van der Waals surface area contributed by atoms with Crippen molar-refractivity contribution in [2.45, 2.75) is 39.7 Å². The van der Waals surface area contributed by atoms with Crippen LogP contribution in [-0.4, -0.2) is 21.9 Å². The van der Waals surface area contributed by atoms with Gasteiger partial charge in [0.1, 0.15) is 0 Å². The van der Waals surface area contributed by atoms with Crippen molar-refractivity contribution in [3.63, 3.8) is 0 Å². The standard InChI is InChI=1S/C29H31N3O3/c1-20(2)17-30-29(33)16-25(23-11-9-21(3)10-12-23)27-19-31(18-22-7-5-4-6-8-22)28-14-13-24(32(34)35)15-26(27)28/h4-15,19-20,25H,16-18H2,1-3H3,(H,30,33)/t25-/m1/s1. The third kappa shape index (κ3) is 5.77. The predicted octanol–water partition coefficient (Wildman–Crippen LogP) is 6.20. The van der Waals surface area contributed by atoms with E-state index in [1.165, 1.54) is 0 Å². The van der Waals surface area contributed by atoms with Gasteiger partial charge in [0.2, 0.25) is 5.91 Å². The van der Waals surface area contributed by atoms with Crippen molar-refractivity contribution in [3.05, 3.63) is 111 Å². The number of carbonyl (C=O) groups excluding carboxylic acids is 1. The molecule has 1 aromatic heterocycles. The van der Waals surface area contributed by atoms with Gasteiger partial charge < -0.3 is 9.88 Å². The van der Waals surface area contributed by atoms with E-state index in [0.717, 1.165) is 33.2 Å². The Balaban J connectivity index is 1.83. The van der Waals surface area contributed by atoms with E-state index < -0.39 is 0 Å².